The summed E-state index contributed by atoms with van der Waals surface area (Å²) >= 11 is 5.93. The van der Waals surface area contributed by atoms with E-state index in [0.717, 1.165) is 0 Å². The predicted octanol–water partition coefficient (Wildman–Crippen LogP) is 1.52. The maximum atomic E-state index is 10.1. The third-order valence-corrected chi connectivity index (χ3v) is 2.64. The molecular weight excluding hydrogens is 230 g/mol. The fourth-order valence-corrected chi connectivity index (χ4v) is 1.65. The Morgan fingerprint density at radius 2 is 2.00 bits per heavy atom. The Bertz CT molecular complexity index is 380. The molecule has 0 bridgehead atoms. The Balaban J connectivity index is 3.42. The fourth-order valence-electron chi connectivity index (χ4n) is 1.44. The Morgan fingerprint density at radius 3 is 2.44 bits per heavy atom. The largest absolute Gasteiger partial charge is 0.493 e. The van der Waals surface area contributed by atoms with Crippen LogP contribution in [0.3, 0.4) is 0 Å². The zero-order valence-electron chi connectivity index (χ0n) is 9.58. The molecule has 1 atom stereocenters. The van der Waals surface area contributed by atoms with E-state index in [9.17, 15) is 5.11 Å². The summed E-state index contributed by atoms with van der Waals surface area (Å²) in [5, 5.41) is 10.6. The topological polar surface area (TPSA) is 64.7 Å². The highest BCUT2D eigenvalue weighted by atomic mass is 35.5. The van der Waals surface area contributed by atoms with E-state index in [4.69, 9.17) is 26.8 Å². The summed E-state index contributed by atoms with van der Waals surface area (Å²) in [7, 11) is 3.01. The van der Waals surface area contributed by atoms with Crippen LogP contribution in [0.15, 0.2) is 12.1 Å². The van der Waals surface area contributed by atoms with Gasteiger partial charge in [-0.1, -0.05) is 11.6 Å². The molecule has 4 nitrogen and oxygen atoms in total. The molecule has 0 fully saturated rings. The van der Waals surface area contributed by atoms with Gasteiger partial charge in [0.25, 0.3) is 0 Å². The van der Waals surface area contributed by atoms with Crippen LogP contribution < -0.4 is 15.2 Å². The van der Waals surface area contributed by atoms with Crippen molar-refractivity contribution < 1.29 is 14.6 Å². The lowest BCUT2D eigenvalue weighted by Crippen LogP contribution is -2.31. The fraction of sp³-hybridized carbons (Fsp3) is 0.455. The molecule has 1 rings (SSSR count). The third kappa shape index (κ3) is 2.40. The first-order chi connectivity index (χ1) is 7.46. The van der Waals surface area contributed by atoms with Gasteiger partial charge in [0, 0.05) is 23.2 Å². The predicted molar refractivity (Wildman–Crippen MR) is 63.2 cm³/mol. The van der Waals surface area contributed by atoms with Crippen LogP contribution in [0.2, 0.25) is 5.02 Å². The summed E-state index contributed by atoms with van der Waals surface area (Å²) < 4.78 is 10.3. The van der Waals surface area contributed by atoms with Crippen LogP contribution in [0, 0.1) is 0 Å². The normalized spacial score (nSPS) is 14.4. The molecule has 1 aromatic carbocycles. The van der Waals surface area contributed by atoms with Crippen LogP contribution in [-0.2, 0) is 5.60 Å². The lowest BCUT2D eigenvalue weighted by Gasteiger charge is -2.25. The van der Waals surface area contributed by atoms with Crippen molar-refractivity contribution in [2.24, 2.45) is 5.73 Å². The molecule has 0 saturated carbocycles. The van der Waals surface area contributed by atoms with Gasteiger partial charge in [0.05, 0.1) is 14.2 Å². The van der Waals surface area contributed by atoms with Crippen LogP contribution in [-0.4, -0.2) is 25.9 Å². The average Bonchev–Trinajstić information content (AvgIpc) is 2.27. The number of rotatable bonds is 4. The number of ether oxygens (including phenoxy) is 2. The molecule has 0 amide bonds. The maximum absolute atomic E-state index is 10.1. The average molecular weight is 246 g/mol. The highest BCUT2D eigenvalue weighted by Crippen LogP contribution is 2.39. The van der Waals surface area contributed by atoms with Crippen LogP contribution in [0.1, 0.15) is 12.5 Å². The Labute approximate surface area is 99.9 Å². The summed E-state index contributed by atoms with van der Waals surface area (Å²) in [6, 6.07) is 3.24. The van der Waals surface area contributed by atoms with Crippen molar-refractivity contribution in [3.8, 4) is 11.5 Å². The minimum Gasteiger partial charge on any atom is -0.493 e. The monoisotopic (exact) mass is 245 g/mol. The van der Waals surface area contributed by atoms with E-state index in [0.29, 0.717) is 22.1 Å². The van der Waals surface area contributed by atoms with Crippen molar-refractivity contribution in [2.45, 2.75) is 12.5 Å². The van der Waals surface area contributed by atoms with E-state index < -0.39 is 5.60 Å². The van der Waals surface area contributed by atoms with Crippen LogP contribution in [0.4, 0.5) is 0 Å². The quantitative estimate of drug-likeness (QED) is 0.844. The highest BCUT2D eigenvalue weighted by Gasteiger charge is 2.27. The molecule has 3 N–H and O–H groups in total. The van der Waals surface area contributed by atoms with Crippen molar-refractivity contribution in [3.63, 3.8) is 0 Å². The van der Waals surface area contributed by atoms with E-state index in [1.165, 1.54) is 14.2 Å². The first-order valence-electron chi connectivity index (χ1n) is 4.80. The van der Waals surface area contributed by atoms with E-state index in [1.54, 1.807) is 19.1 Å². The highest BCUT2D eigenvalue weighted by molar-refractivity contribution is 6.30. The van der Waals surface area contributed by atoms with Crippen molar-refractivity contribution in [3.05, 3.63) is 22.7 Å². The van der Waals surface area contributed by atoms with Gasteiger partial charge < -0.3 is 20.3 Å². The van der Waals surface area contributed by atoms with Crippen LogP contribution in [0.25, 0.3) is 0 Å². The zero-order valence-corrected chi connectivity index (χ0v) is 10.3. The van der Waals surface area contributed by atoms with Gasteiger partial charge in [-0.3, -0.25) is 0 Å². The summed E-state index contributed by atoms with van der Waals surface area (Å²) in [6.07, 6.45) is 0. The Morgan fingerprint density at radius 1 is 1.38 bits per heavy atom. The molecule has 0 spiro atoms. The first-order valence-corrected chi connectivity index (χ1v) is 5.18. The van der Waals surface area contributed by atoms with Crippen LogP contribution >= 0.6 is 11.6 Å². The summed E-state index contributed by atoms with van der Waals surface area (Å²) in [4.78, 5) is 0. The van der Waals surface area contributed by atoms with Crippen molar-refractivity contribution in [1.82, 2.24) is 0 Å². The molecule has 1 unspecified atom stereocenters. The van der Waals surface area contributed by atoms with Crippen molar-refractivity contribution >= 4 is 11.6 Å². The standard InChI is InChI=1S/C11H16ClNO3/c1-11(14,6-13)8-4-7(12)5-9(15-2)10(8)16-3/h4-5,14H,6,13H2,1-3H3. The molecule has 0 aromatic heterocycles. The molecule has 0 saturated heterocycles. The molecule has 0 aliphatic heterocycles. The number of methoxy groups -OCH3 is 2. The van der Waals surface area contributed by atoms with Gasteiger partial charge in [0.15, 0.2) is 11.5 Å². The molecule has 0 radical (unpaired) electrons. The summed E-state index contributed by atoms with van der Waals surface area (Å²) in [5.41, 5.74) is 4.82. The van der Waals surface area contributed by atoms with Gasteiger partial charge >= 0.3 is 0 Å². The number of benzene rings is 1. The smallest absolute Gasteiger partial charge is 0.166 e. The van der Waals surface area contributed by atoms with E-state index in [2.05, 4.69) is 0 Å². The van der Waals surface area contributed by atoms with Crippen LogP contribution in [0.5, 0.6) is 11.5 Å². The SMILES string of the molecule is COc1cc(Cl)cc(C(C)(O)CN)c1OC. The van der Waals surface area contributed by atoms with Gasteiger partial charge in [-0.2, -0.15) is 0 Å². The number of hydrogen-bond acceptors (Lipinski definition) is 4. The second-order valence-corrected chi connectivity index (χ2v) is 4.10. The zero-order chi connectivity index (χ0) is 12.3. The first kappa shape index (κ1) is 13.1. The molecule has 90 valence electrons. The van der Waals surface area contributed by atoms with Gasteiger partial charge in [0.2, 0.25) is 0 Å². The number of nitrogens with two attached hydrogens (primary N) is 1. The number of aliphatic hydroxyl groups is 1. The molecular formula is C11H16ClNO3. The molecule has 16 heavy (non-hydrogen) atoms. The Hall–Kier alpha value is -0.970. The molecule has 0 heterocycles. The van der Waals surface area contributed by atoms with E-state index >= 15 is 0 Å². The van der Waals surface area contributed by atoms with Crippen molar-refractivity contribution in [2.75, 3.05) is 20.8 Å². The van der Waals surface area contributed by atoms with Gasteiger partial charge in [-0.05, 0) is 13.0 Å². The second-order valence-electron chi connectivity index (χ2n) is 3.67. The minimum atomic E-state index is -1.20. The summed E-state index contributed by atoms with van der Waals surface area (Å²) in [6.45, 7) is 1.66. The second kappa shape index (κ2) is 4.91. The molecule has 1 aromatic rings. The molecule has 5 heteroatoms. The lowest BCUT2D eigenvalue weighted by atomic mass is 9.95. The Kier molecular flexibility index (Phi) is 4.02. The minimum absolute atomic E-state index is 0.0624. The van der Waals surface area contributed by atoms with E-state index in [-0.39, 0.29) is 6.54 Å². The van der Waals surface area contributed by atoms with Crippen molar-refractivity contribution in [1.29, 1.82) is 0 Å². The van der Waals surface area contributed by atoms with E-state index in [1.807, 2.05) is 0 Å². The maximum Gasteiger partial charge on any atom is 0.166 e. The van der Waals surface area contributed by atoms with Gasteiger partial charge in [-0.25, -0.2) is 0 Å². The molecule has 0 aliphatic carbocycles. The summed E-state index contributed by atoms with van der Waals surface area (Å²) in [5.74, 6) is 0.918. The number of halogens is 1. The van der Waals surface area contributed by atoms with Gasteiger partial charge in [0.1, 0.15) is 5.60 Å². The van der Waals surface area contributed by atoms with Gasteiger partial charge in [-0.15, -0.1) is 0 Å². The molecule has 0 aliphatic rings. The third-order valence-electron chi connectivity index (χ3n) is 2.42. The lowest BCUT2D eigenvalue weighted by molar-refractivity contribution is 0.0636. The number of hydrogen-bond donors (Lipinski definition) is 2.